The summed E-state index contributed by atoms with van der Waals surface area (Å²) in [6.45, 7) is 1.84. The molecule has 1 fully saturated rings. The number of hydrogen-bond acceptors (Lipinski definition) is 4. The van der Waals surface area contributed by atoms with Crippen LogP contribution in [0.25, 0.3) is 0 Å². The maximum Gasteiger partial charge on any atom is 0.337 e. The van der Waals surface area contributed by atoms with E-state index in [1.165, 1.54) is 7.11 Å². The van der Waals surface area contributed by atoms with Gasteiger partial charge in [0.2, 0.25) is 11.8 Å². The molecule has 0 aromatic heterocycles. The van der Waals surface area contributed by atoms with Crippen LogP contribution < -0.4 is 10.6 Å². The topological polar surface area (TPSA) is 84.5 Å². The van der Waals surface area contributed by atoms with Crippen molar-refractivity contribution < 1.29 is 19.1 Å². The highest BCUT2D eigenvalue weighted by Crippen LogP contribution is 2.47. The van der Waals surface area contributed by atoms with Gasteiger partial charge in [0.05, 0.1) is 12.7 Å². The number of rotatable bonds is 5. The fourth-order valence-electron chi connectivity index (χ4n) is 2.75. The Balaban J connectivity index is 1.68. The third-order valence-corrected chi connectivity index (χ3v) is 4.85. The molecule has 3 rings (SSSR count). The van der Waals surface area contributed by atoms with Crippen molar-refractivity contribution in [1.82, 2.24) is 0 Å². The molecule has 0 spiro atoms. The minimum atomic E-state index is -1.08. The molecule has 1 saturated carbocycles. The van der Waals surface area contributed by atoms with Gasteiger partial charge in [0.25, 0.3) is 0 Å². The first-order valence-corrected chi connectivity index (χ1v) is 8.81. The zero-order chi connectivity index (χ0) is 19.6. The molecular formula is C20H19ClN2O4. The number of hydrogen-bond donors (Lipinski definition) is 2. The lowest BCUT2D eigenvalue weighted by atomic mass is 10.0. The lowest BCUT2D eigenvalue weighted by molar-refractivity contribution is -0.131. The van der Waals surface area contributed by atoms with E-state index >= 15 is 0 Å². The van der Waals surface area contributed by atoms with Gasteiger partial charge in [-0.3, -0.25) is 9.59 Å². The van der Waals surface area contributed by atoms with Crippen LogP contribution in [0.3, 0.4) is 0 Å². The summed E-state index contributed by atoms with van der Waals surface area (Å²) in [7, 11) is 1.30. The molecule has 6 nitrogen and oxygen atoms in total. The summed E-state index contributed by atoms with van der Waals surface area (Å²) >= 11 is 5.93. The van der Waals surface area contributed by atoms with Crippen LogP contribution in [0, 0.1) is 12.3 Å². The van der Waals surface area contributed by atoms with E-state index in [2.05, 4.69) is 15.4 Å². The number of benzene rings is 2. The van der Waals surface area contributed by atoms with E-state index in [-0.39, 0.29) is 11.8 Å². The zero-order valence-electron chi connectivity index (χ0n) is 15.0. The summed E-state index contributed by atoms with van der Waals surface area (Å²) in [6.07, 6.45) is 0.967. The monoisotopic (exact) mass is 386 g/mol. The molecule has 0 atom stereocenters. The highest BCUT2D eigenvalue weighted by molar-refractivity contribution is 6.30. The number of nitrogens with one attached hydrogen (secondary N) is 2. The highest BCUT2D eigenvalue weighted by atomic mass is 35.5. The van der Waals surface area contributed by atoms with Gasteiger partial charge in [0, 0.05) is 16.4 Å². The Morgan fingerprint density at radius 2 is 1.63 bits per heavy atom. The standard InChI is InChI=1S/C20H19ClN2O4/c1-12-11-14(21)5-8-16(12)23-19(26)20(9-10-20)18(25)22-15-6-3-13(4-7-15)17(24)27-2/h3-8,11H,9-10H2,1-2H3,(H,22,25)(H,23,26). The number of aryl methyl sites for hydroxylation is 1. The van der Waals surface area contributed by atoms with E-state index in [1.54, 1.807) is 42.5 Å². The van der Waals surface area contributed by atoms with Crippen molar-refractivity contribution in [2.75, 3.05) is 17.7 Å². The molecule has 0 bridgehead atoms. The predicted octanol–water partition coefficient (Wildman–Crippen LogP) is 3.79. The molecule has 0 radical (unpaired) electrons. The number of halogens is 1. The number of carbonyl (C=O) groups excluding carboxylic acids is 3. The van der Waals surface area contributed by atoms with E-state index in [1.807, 2.05) is 6.92 Å². The van der Waals surface area contributed by atoms with Gasteiger partial charge in [-0.05, 0) is 67.8 Å². The lowest BCUT2D eigenvalue weighted by Gasteiger charge is -2.16. The van der Waals surface area contributed by atoms with Crippen LogP contribution in [0.5, 0.6) is 0 Å². The van der Waals surface area contributed by atoms with Crippen LogP contribution in [0.15, 0.2) is 42.5 Å². The number of anilines is 2. The Labute approximate surface area is 161 Å². The first-order valence-electron chi connectivity index (χ1n) is 8.43. The second-order valence-electron chi connectivity index (χ2n) is 6.52. The van der Waals surface area contributed by atoms with Crippen molar-refractivity contribution in [3.63, 3.8) is 0 Å². The molecule has 0 heterocycles. The highest BCUT2D eigenvalue weighted by Gasteiger charge is 2.56. The maximum absolute atomic E-state index is 12.7. The molecule has 0 aliphatic heterocycles. The number of esters is 1. The van der Waals surface area contributed by atoms with Gasteiger partial charge in [-0.1, -0.05) is 11.6 Å². The van der Waals surface area contributed by atoms with Gasteiger partial charge in [-0.25, -0.2) is 4.79 Å². The van der Waals surface area contributed by atoms with Crippen LogP contribution in [0.2, 0.25) is 5.02 Å². The Morgan fingerprint density at radius 3 is 2.19 bits per heavy atom. The Kier molecular flexibility index (Phi) is 5.19. The molecule has 1 aliphatic rings. The molecule has 140 valence electrons. The van der Waals surface area contributed by atoms with E-state index in [9.17, 15) is 14.4 Å². The molecule has 1 aliphatic carbocycles. The predicted molar refractivity (Wildman–Crippen MR) is 103 cm³/mol. The third-order valence-electron chi connectivity index (χ3n) is 4.62. The van der Waals surface area contributed by atoms with E-state index in [4.69, 9.17) is 11.6 Å². The van der Waals surface area contributed by atoms with Crippen LogP contribution in [0.4, 0.5) is 11.4 Å². The summed E-state index contributed by atoms with van der Waals surface area (Å²) in [5.41, 5.74) is 1.27. The fraction of sp³-hybridized carbons (Fsp3) is 0.250. The SMILES string of the molecule is COC(=O)c1ccc(NC(=O)C2(C(=O)Nc3ccc(Cl)cc3C)CC2)cc1. The van der Waals surface area contributed by atoms with Gasteiger partial charge in [-0.2, -0.15) is 0 Å². The average molecular weight is 387 g/mol. The van der Waals surface area contributed by atoms with E-state index in [0.29, 0.717) is 34.8 Å². The molecule has 27 heavy (non-hydrogen) atoms. The summed E-state index contributed by atoms with van der Waals surface area (Å²) in [4.78, 5) is 36.8. The summed E-state index contributed by atoms with van der Waals surface area (Å²) in [5, 5.41) is 6.15. The summed E-state index contributed by atoms with van der Waals surface area (Å²) < 4.78 is 4.64. The first kappa shape index (κ1) is 18.9. The van der Waals surface area contributed by atoms with Crippen LogP contribution in [0.1, 0.15) is 28.8 Å². The minimum absolute atomic E-state index is 0.336. The van der Waals surface area contributed by atoms with Crippen molar-refractivity contribution in [1.29, 1.82) is 0 Å². The zero-order valence-corrected chi connectivity index (χ0v) is 15.7. The second-order valence-corrected chi connectivity index (χ2v) is 6.95. The van der Waals surface area contributed by atoms with Crippen molar-refractivity contribution in [2.24, 2.45) is 5.41 Å². The normalized spacial score (nSPS) is 14.2. The quantitative estimate of drug-likeness (QED) is 0.604. The number of methoxy groups -OCH3 is 1. The lowest BCUT2D eigenvalue weighted by Crippen LogP contribution is -2.35. The largest absolute Gasteiger partial charge is 0.465 e. The Hall–Kier alpha value is -2.86. The average Bonchev–Trinajstić information content (AvgIpc) is 3.46. The first-order chi connectivity index (χ1) is 12.9. The molecule has 2 N–H and O–H groups in total. The molecule has 0 saturated heterocycles. The third kappa shape index (κ3) is 3.95. The number of carbonyl (C=O) groups is 3. The molecule has 2 amide bonds. The molecule has 7 heteroatoms. The van der Waals surface area contributed by atoms with Gasteiger partial charge >= 0.3 is 5.97 Å². The molecular weight excluding hydrogens is 368 g/mol. The second kappa shape index (κ2) is 7.40. The minimum Gasteiger partial charge on any atom is -0.465 e. The Morgan fingerprint density at radius 1 is 1.00 bits per heavy atom. The summed E-state index contributed by atoms with van der Waals surface area (Å²) in [6, 6.07) is 11.5. The van der Waals surface area contributed by atoms with Crippen molar-refractivity contribution in [3.8, 4) is 0 Å². The van der Waals surface area contributed by atoms with Gasteiger partial charge in [-0.15, -0.1) is 0 Å². The van der Waals surface area contributed by atoms with Gasteiger partial charge < -0.3 is 15.4 Å². The number of ether oxygens (including phenoxy) is 1. The van der Waals surface area contributed by atoms with Crippen molar-refractivity contribution >= 4 is 40.8 Å². The van der Waals surface area contributed by atoms with Gasteiger partial charge in [0.15, 0.2) is 0 Å². The summed E-state index contributed by atoms with van der Waals surface area (Å²) in [5.74, 6) is -1.15. The molecule has 2 aromatic rings. The smallest absolute Gasteiger partial charge is 0.337 e. The van der Waals surface area contributed by atoms with E-state index in [0.717, 1.165) is 5.56 Å². The van der Waals surface area contributed by atoms with Crippen LogP contribution in [-0.4, -0.2) is 24.9 Å². The van der Waals surface area contributed by atoms with Gasteiger partial charge in [0.1, 0.15) is 5.41 Å². The number of amides is 2. The van der Waals surface area contributed by atoms with Crippen LogP contribution in [-0.2, 0) is 14.3 Å². The van der Waals surface area contributed by atoms with E-state index < -0.39 is 11.4 Å². The molecule has 0 unspecified atom stereocenters. The molecule has 2 aromatic carbocycles. The van der Waals surface area contributed by atoms with Crippen LogP contribution >= 0.6 is 11.6 Å². The van der Waals surface area contributed by atoms with Crippen molar-refractivity contribution in [2.45, 2.75) is 19.8 Å². The van der Waals surface area contributed by atoms with Crippen molar-refractivity contribution in [3.05, 3.63) is 58.6 Å². The fourth-order valence-corrected chi connectivity index (χ4v) is 2.98. The Bertz CT molecular complexity index is 905. The maximum atomic E-state index is 12.7.